The van der Waals surface area contributed by atoms with Gasteiger partial charge in [0.1, 0.15) is 12.4 Å². The second-order valence-electron chi connectivity index (χ2n) is 4.55. The van der Waals surface area contributed by atoms with E-state index in [-0.39, 0.29) is 11.1 Å². The van der Waals surface area contributed by atoms with Crippen molar-refractivity contribution in [1.82, 2.24) is 5.32 Å². The Bertz CT molecular complexity index is 452. The molecule has 3 rings (SSSR count). The highest BCUT2D eigenvalue weighted by atomic mass is 16.5. The van der Waals surface area contributed by atoms with Crippen molar-refractivity contribution in [3.63, 3.8) is 0 Å². The number of carboxylic acid groups (broad SMARTS) is 1. The molecule has 0 radical (unpaired) electrons. The van der Waals surface area contributed by atoms with Crippen molar-refractivity contribution in [2.75, 3.05) is 6.61 Å². The Morgan fingerprint density at radius 1 is 1.44 bits per heavy atom. The number of benzene rings is 1. The van der Waals surface area contributed by atoms with Crippen LogP contribution in [0.1, 0.15) is 28.8 Å². The molecule has 4 heteroatoms. The largest absolute Gasteiger partial charge is 0.491 e. The fourth-order valence-electron chi connectivity index (χ4n) is 1.99. The molecule has 0 bridgehead atoms. The maximum atomic E-state index is 10.8. The van der Waals surface area contributed by atoms with E-state index in [1.165, 1.54) is 0 Å². The van der Waals surface area contributed by atoms with Crippen LogP contribution in [0.4, 0.5) is 0 Å². The first-order valence-electron chi connectivity index (χ1n) is 5.43. The van der Waals surface area contributed by atoms with Gasteiger partial charge in [0.15, 0.2) is 0 Å². The number of hydrogen-bond acceptors (Lipinski definition) is 3. The van der Waals surface area contributed by atoms with E-state index in [1.807, 2.05) is 6.07 Å². The standard InChI is InChI=1S/C12H13NO3/c14-11(15)8-1-2-9-6-13-12(3-4-12)7-16-10(9)5-8/h1-2,5,13H,3-4,6-7H2,(H,14,15). The number of fused-ring (bicyclic) bond motifs is 1. The summed E-state index contributed by atoms with van der Waals surface area (Å²) in [7, 11) is 0. The SMILES string of the molecule is O=C(O)c1ccc2c(c1)OCC1(CC1)NC2. The quantitative estimate of drug-likeness (QED) is 0.749. The molecule has 0 saturated heterocycles. The van der Waals surface area contributed by atoms with Gasteiger partial charge >= 0.3 is 5.97 Å². The molecule has 84 valence electrons. The number of nitrogens with one attached hydrogen (secondary N) is 1. The van der Waals surface area contributed by atoms with Gasteiger partial charge in [-0.1, -0.05) is 6.07 Å². The van der Waals surface area contributed by atoms with E-state index in [9.17, 15) is 4.79 Å². The van der Waals surface area contributed by atoms with Crippen LogP contribution in [0, 0.1) is 0 Å². The van der Waals surface area contributed by atoms with Crippen LogP contribution in [0.25, 0.3) is 0 Å². The molecule has 1 spiro atoms. The smallest absolute Gasteiger partial charge is 0.335 e. The molecule has 1 aliphatic heterocycles. The highest BCUT2D eigenvalue weighted by Crippen LogP contribution is 2.39. The van der Waals surface area contributed by atoms with Gasteiger partial charge in [0.25, 0.3) is 0 Å². The topological polar surface area (TPSA) is 58.6 Å². The van der Waals surface area contributed by atoms with Crippen molar-refractivity contribution in [2.45, 2.75) is 24.9 Å². The van der Waals surface area contributed by atoms with Gasteiger partial charge in [-0.2, -0.15) is 0 Å². The van der Waals surface area contributed by atoms with Crippen molar-refractivity contribution < 1.29 is 14.6 Å². The Morgan fingerprint density at radius 2 is 2.25 bits per heavy atom. The van der Waals surface area contributed by atoms with Gasteiger partial charge in [0, 0.05) is 12.1 Å². The van der Waals surface area contributed by atoms with Crippen LogP contribution in [0.2, 0.25) is 0 Å². The highest BCUT2D eigenvalue weighted by molar-refractivity contribution is 5.88. The first-order valence-corrected chi connectivity index (χ1v) is 5.43. The van der Waals surface area contributed by atoms with Crippen LogP contribution >= 0.6 is 0 Å². The molecule has 0 aromatic heterocycles. The number of aromatic carboxylic acids is 1. The molecule has 0 amide bonds. The first-order chi connectivity index (χ1) is 7.69. The average molecular weight is 219 g/mol. The molecule has 2 N–H and O–H groups in total. The lowest BCUT2D eigenvalue weighted by Crippen LogP contribution is -2.34. The van der Waals surface area contributed by atoms with Crippen molar-refractivity contribution in [3.05, 3.63) is 29.3 Å². The number of carboxylic acids is 1. The number of rotatable bonds is 1. The van der Waals surface area contributed by atoms with Gasteiger partial charge in [-0.3, -0.25) is 0 Å². The minimum absolute atomic E-state index is 0.155. The molecule has 1 fully saturated rings. The lowest BCUT2D eigenvalue weighted by Gasteiger charge is -2.11. The summed E-state index contributed by atoms with van der Waals surface area (Å²) < 4.78 is 5.69. The van der Waals surface area contributed by atoms with Crippen molar-refractivity contribution in [2.24, 2.45) is 0 Å². The van der Waals surface area contributed by atoms with E-state index in [0.717, 1.165) is 24.9 Å². The molecule has 1 aromatic carbocycles. The summed E-state index contributed by atoms with van der Waals surface area (Å²) in [5.41, 5.74) is 1.47. The summed E-state index contributed by atoms with van der Waals surface area (Å²) >= 11 is 0. The van der Waals surface area contributed by atoms with Crippen LogP contribution in [-0.4, -0.2) is 23.2 Å². The Balaban J connectivity index is 1.92. The molecule has 0 atom stereocenters. The Hall–Kier alpha value is -1.55. The zero-order valence-electron chi connectivity index (χ0n) is 8.82. The van der Waals surface area contributed by atoms with Crippen LogP contribution in [0.5, 0.6) is 5.75 Å². The van der Waals surface area contributed by atoms with E-state index in [0.29, 0.717) is 12.4 Å². The summed E-state index contributed by atoms with van der Waals surface area (Å²) in [5, 5.41) is 12.4. The predicted molar refractivity (Wildman–Crippen MR) is 57.7 cm³/mol. The summed E-state index contributed by atoms with van der Waals surface area (Å²) in [6.07, 6.45) is 2.29. The lowest BCUT2D eigenvalue weighted by atomic mass is 10.1. The fourth-order valence-corrected chi connectivity index (χ4v) is 1.99. The van der Waals surface area contributed by atoms with Gasteiger partial charge in [0.2, 0.25) is 0 Å². The average Bonchev–Trinajstić information content (AvgIpc) is 3.07. The van der Waals surface area contributed by atoms with Gasteiger partial charge in [-0.05, 0) is 25.0 Å². The summed E-state index contributed by atoms with van der Waals surface area (Å²) in [5.74, 6) is -0.207. The molecule has 0 unspecified atom stereocenters. The third-order valence-electron chi connectivity index (χ3n) is 3.33. The third-order valence-corrected chi connectivity index (χ3v) is 3.33. The molecule has 1 aromatic rings. The van der Waals surface area contributed by atoms with Gasteiger partial charge < -0.3 is 15.2 Å². The minimum atomic E-state index is -0.912. The molecule has 4 nitrogen and oxygen atoms in total. The Morgan fingerprint density at radius 3 is 2.94 bits per heavy atom. The van der Waals surface area contributed by atoms with Crippen molar-refractivity contribution in [3.8, 4) is 5.75 Å². The van der Waals surface area contributed by atoms with Gasteiger partial charge in [0.05, 0.1) is 11.1 Å². The fraction of sp³-hybridized carbons (Fsp3) is 0.417. The zero-order valence-corrected chi connectivity index (χ0v) is 8.82. The molecule has 1 heterocycles. The van der Waals surface area contributed by atoms with Crippen molar-refractivity contribution >= 4 is 5.97 Å². The maximum absolute atomic E-state index is 10.8. The van der Waals surface area contributed by atoms with Gasteiger partial charge in [-0.15, -0.1) is 0 Å². The Kier molecular flexibility index (Phi) is 1.94. The number of carbonyl (C=O) groups is 1. The van der Waals surface area contributed by atoms with E-state index in [1.54, 1.807) is 12.1 Å². The van der Waals surface area contributed by atoms with Crippen LogP contribution in [0.3, 0.4) is 0 Å². The normalized spacial score (nSPS) is 20.8. The summed E-state index contributed by atoms with van der Waals surface area (Å²) in [6.45, 7) is 1.40. The van der Waals surface area contributed by atoms with E-state index in [2.05, 4.69) is 5.32 Å². The minimum Gasteiger partial charge on any atom is -0.491 e. The molecular weight excluding hydrogens is 206 g/mol. The van der Waals surface area contributed by atoms with Gasteiger partial charge in [-0.25, -0.2) is 4.79 Å². The number of ether oxygens (including phenoxy) is 1. The Labute approximate surface area is 93.2 Å². The van der Waals surface area contributed by atoms with Crippen LogP contribution in [-0.2, 0) is 6.54 Å². The molecule has 1 aliphatic carbocycles. The molecule has 16 heavy (non-hydrogen) atoms. The predicted octanol–water partition coefficient (Wildman–Crippen LogP) is 1.40. The first kappa shape index (κ1) is 9.66. The lowest BCUT2D eigenvalue weighted by molar-refractivity contribution is 0.0696. The third kappa shape index (κ3) is 1.55. The zero-order chi connectivity index (χ0) is 11.2. The molecule has 1 saturated carbocycles. The van der Waals surface area contributed by atoms with Crippen LogP contribution < -0.4 is 10.1 Å². The highest BCUT2D eigenvalue weighted by Gasteiger charge is 2.44. The molecule has 2 aliphatic rings. The summed E-state index contributed by atoms with van der Waals surface area (Å²) in [4.78, 5) is 10.8. The second-order valence-corrected chi connectivity index (χ2v) is 4.55. The molecular formula is C12H13NO3. The second kappa shape index (κ2) is 3.22. The maximum Gasteiger partial charge on any atom is 0.335 e. The monoisotopic (exact) mass is 219 g/mol. The number of hydrogen-bond donors (Lipinski definition) is 2. The summed E-state index contributed by atoms with van der Waals surface area (Å²) in [6, 6.07) is 5.06. The van der Waals surface area contributed by atoms with E-state index in [4.69, 9.17) is 9.84 Å². The van der Waals surface area contributed by atoms with E-state index >= 15 is 0 Å². The van der Waals surface area contributed by atoms with Crippen molar-refractivity contribution in [1.29, 1.82) is 0 Å². The van der Waals surface area contributed by atoms with Crippen LogP contribution in [0.15, 0.2) is 18.2 Å². The van der Waals surface area contributed by atoms with E-state index < -0.39 is 5.97 Å².